The zero-order valence-corrected chi connectivity index (χ0v) is 12.4. The second-order valence-corrected chi connectivity index (χ2v) is 5.92. The standard InChI is InChI=1S/C17H22N2O2/c1-12-4-2-6-15-16(12)10-13(18-17(15)21)7-9-19-8-3-5-14(19)11-20/h2,4,6,10,14,20H,3,5,7-9,11H2,1H3,(H,18,21)/t14-/m0/s1. The van der Waals surface area contributed by atoms with Crippen molar-refractivity contribution in [3.05, 3.63) is 45.9 Å². The molecule has 2 N–H and O–H groups in total. The Kier molecular flexibility index (Phi) is 4.08. The van der Waals surface area contributed by atoms with E-state index >= 15 is 0 Å². The number of hydrogen-bond acceptors (Lipinski definition) is 3. The molecule has 21 heavy (non-hydrogen) atoms. The molecule has 2 heterocycles. The number of aromatic nitrogens is 1. The van der Waals surface area contributed by atoms with Gasteiger partial charge in [-0.25, -0.2) is 0 Å². The van der Waals surface area contributed by atoms with Crippen molar-refractivity contribution in [2.45, 2.75) is 32.2 Å². The van der Waals surface area contributed by atoms with E-state index in [0.29, 0.717) is 6.04 Å². The molecule has 1 aromatic carbocycles. The van der Waals surface area contributed by atoms with Gasteiger partial charge in [0.1, 0.15) is 0 Å². The van der Waals surface area contributed by atoms with Crippen molar-refractivity contribution >= 4 is 10.8 Å². The number of H-pyrrole nitrogens is 1. The first kappa shape index (κ1) is 14.3. The Hall–Kier alpha value is -1.65. The summed E-state index contributed by atoms with van der Waals surface area (Å²) in [7, 11) is 0. The number of aromatic amines is 1. The molecule has 0 aliphatic carbocycles. The molecular formula is C17H22N2O2. The normalized spacial score (nSPS) is 19.4. The number of likely N-dealkylation sites (tertiary alicyclic amines) is 1. The second kappa shape index (κ2) is 6.00. The lowest BCUT2D eigenvalue weighted by Gasteiger charge is -2.22. The predicted octanol–water partition coefficient (Wildman–Crippen LogP) is 1.84. The molecule has 0 bridgehead atoms. The fourth-order valence-electron chi connectivity index (χ4n) is 3.29. The van der Waals surface area contributed by atoms with Gasteiger partial charge in [-0.2, -0.15) is 0 Å². The van der Waals surface area contributed by atoms with Gasteiger partial charge >= 0.3 is 0 Å². The van der Waals surface area contributed by atoms with Crippen LogP contribution in [0, 0.1) is 6.92 Å². The number of fused-ring (bicyclic) bond motifs is 1. The first-order valence-electron chi connectivity index (χ1n) is 7.65. The van der Waals surface area contributed by atoms with E-state index in [-0.39, 0.29) is 12.2 Å². The minimum Gasteiger partial charge on any atom is -0.395 e. The Bertz CT molecular complexity index is 693. The van der Waals surface area contributed by atoms with Crippen molar-refractivity contribution < 1.29 is 5.11 Å². The number of nitrogens with one attached hydrogen (secondary N) is 1. The van der Waals surface area contributed by atoms with E-state index in [9.17, 15) is 9.90 Å². The first-order chi connectivity index (χ1) is 10.2. The molecule has 0 unspecified atom stereocenters. The Labute approximate surface area is 124 Å². The van der Waals surface area contributed by atoms with Crippen molar-refractivity contribution in [3.63, 3.8) is 0 Å². The van der Waals surface area contributed by atoms with Crippen LogP contribution < -0.4 is 5.56 Å². The molecular weight excluding hydrogens is 264 g/mol. The highest BCUT2D eigenvalue weighted by Gasteiger charge is 2.23. The van der Waals surface area contributed by atoms with E-state index < -0.39 is 0 Å². The Morgan fingerprint density at radius 2 is 2.24 bits per heavy atom. The number of aliphatic hydroxyl groups is 1. The summed E-state index contributed by atoms with van der Waals surface area (Å²) in [5.41, 5.74) is 2.10. The Balaban J connectivity index is 1.81. The SMILES string of the molecule is Cc1cccc2c(=O)[nH]c(CCN3CCC[C@H]3CO)cc12. The molecule has 0 radical (unpaired) electrons. The number of benzene rings is 1. The monoisotopic (exact) mass is 286 g/mol. The zero-order chi connectivity index (χ0) is 14.8. The lowest BCUT2D eigenvalue weighted by Crippen LogP contribution is -2.34. The minimum absolute atomic E-state index is 0.00803. The molecule has 4 heteroatoms. The molecule has 1 aliphatic rings. The molecule has 1 aliphatic heterocycles. The lowest BCUT2D eigenvalue weighted by molar-refractivity contribution is 0.160. The van der Waals surface area contributed by atoms with Crippen LogP contribution in [0.3, 0.4) is 0 Å². The quantitative estimate of drug-likeness (QED) is 0.901. The maximum Gasteiger partial charge on any atom is 0.256 e. The van der Waals surface area contributed by atoms with Crippen LogP contribution in [0.2, 0.25) is 0 Å². The lowest BCUT2D eigenvalue weighted by atomic mass is 10.1. The number of rotatable bonds is 4. The molecule has 1 saturated heterocycles. The second-order valence-electron chi connectivity index (χ2n) is 5.92. The van der Waals surface area contributed by atoms with Crippen LogP contribution in [0.15, 0.2) is 29.1 Å². The summed E-state index contributed by atoms with van der Waals surface area (Å²) in [6.45, 7) is 4.20. The summed E-state index contributed by atoms with van der Waals surface area (Å²) in [5.74, 6) is 0. The summed E-state index contributed by atoms with van der Waals surface area (Å²) in [6, 6.07) is 8.21. The van der Waals surface area contributed by atoms with Gasteiger partial charge in [0.15, 0.2) is 0 Å². The molecule has 2 aromatic rings. The molecule has 1 aromatic heterocycles. The maximum atomic E-state index is 12.2. The van der Waals surface area contributed by atoms with E-state index in [4.69, 9.17) is 0 Å². The van der Waals surface area contributed by atoms with Crippen LogP contribution in [0.1, 0.15) is 24.1 Å². The number of nitrogens with zero attached hydrogens (tertiary/aromatic N) is 1. The van der Waals surface area contributed by atoms with E-state index in [2.05, 4.69) is 16.0 Å². The third-order valence-corrected chi connectivity index (χ3v) is 4.54. The highest BCUT2D eigenvalue weighted by molar-refractivity contribution is 5.84. The minimum atomic E-state index is -0.00803. The van der Waals surface area contributed by atoms with Crippen LogP contribution in [-0.4, -0.2) is 40.7 Å². The van der Waals surface area contributed by atoms with E-state index in [1.54, 1.807) is 0 Å². The summed E-state index contributed by atoms with van der Waals surface area (Å²) in [6.07, 6.45) is 3.04. The maximum absolute atomic E-state index is 12.2. The van der Waals surface area contributed by atoms with Crippen molar-refractivity contribution in [3.8, 4) is 0 Å². The van der Waals surface area contributed by atoms with Gasteiger partial charge < -0.3 is 10.1 Å². The van der Waals surface area contributed by atoms with Gasteiger partial charge in [-0.1, -0.05) is 12.1 Å². The van der Waals surface area contributed by atoms with Gasteiger partial charge in [-0.15, -0.1) is 0 Å². The molecule has 1 fully saturated rings. The Morgan fingerprint density at radius 1 is 1.38 bits per heavy atom. The fraction of sp³-hybridized carbons (Fsp3) is 0.471. The van der Waals surface area contributed by atoms with Crippen LogP contribution in [-0.2, 0) is 6.42 Å². The van der Waals surface area contributed by atoms with Crippen molar-refractivity contribution in [2.24, 2.45) is 0 Å². The Morgan fingerprint density at radius 3 is 3.05 bits per heavy atom. The highest BCUT2D eigenvalue weighted by atomic mass is 16.3. The summed E-state index contributed by atoms with van der Waals surface area (Å²) >= 11 is 0. The summed E-state index contributed by atoms with van der Waals surface area (Å²) in [5, 5.41) is 11.2. The van der Waals surface area contributed by atoms with Crippen molar-refractivity contribution in [2.75, 3.05) is 19.7 Å². The molecule has 4 nitrogen and oxygen atoms in total. The molecule has 0 amide bonds. The first-order valence-corrected chi connectivity index (χ1v) is 7.65. The van der Waals surface area contributed by atoms with Crippen molar-refractivity contribution in [1.82, 2.24) is 9.88 Å². The van der Waals surface area contributed by atoms with Crippen LogP contribution in [0.25, 0.3) is 10.8 Å². The molecule has 0 saturated carbocycles. The predicted molar refractivity (Wildman–Crippen MR) is 84.7 cm³/mol. The van der Waals surface area contributed by atoms with E-state index in [0.717, 1.165) is 54.4 Å². The average molecular weight is 286 g/mol. The van der Waals surface area contributed by atoms with Gasteiger partial charge in [0.25, 0.3) is 5.56 Å². The van der Waals surface area contributed by atoms with Crippen LogP contribution in [0.5, 0.6) is 0 Å². The molecule has 0 spiro atoms. The average Bonchev–Trinajstić information content (AvgIpc) is 2.94. The highest BCUT2D eigenvalue weighted by Crippen LogP contribution is 2.18. The number of aliphatic hydroxyl groups excluding tert-OH is 1. The molecule has 3 rings (SSSR count). The number of pyridine rings is 1. The smallest absolute Gasteiger partial charge is 0.256 e. The fourth-order valence-corrected chi connectivity index (χ4v) is 3.29. The van der Waals surface area contributed by atoms with Gasteiger partial charge in [0.2, 0.25) is 0 Å². The topological polar surface area (TPSA) is 56.3 Å². The van der Waals surface area contributed by atoms with Crippen LogP contribution >= 0.6 is 0 Å². The molecule has 112 valence electrons. The van der Waals surface area contributed by atoms with Crippen molar-refractivity contribution in [1.29, 1.82) is 0 Å². The largest absolute Gasteiger partial charge is 0.395 e. The number of aryl methyl sites for hydroxylation is 1. The van der Waals surface area contributed by atoms with Gasteiger partial charge in [-0.05, 0) is 49.4 Å². The number of hydrogen-bond donors (Lipinski definition) is 2. The third-order valence-electron chi connectivity index (χ3n) is 4.54. The van der Waals surface area contributed by atoms with E-state index in [1.807, 2.05) is 25.1 Å². The van der Waals surface area contributed by atoms with Gasteiger partial charge in [-0.3, -0.25) is 9.69 Å². The molecule has 1 atom stereocenters. The summed E-state index contributed by atoms with van der Waals surface area (Å²) < 4.78 is 0. The summed E-state index contributed by atoms with van der Waals surface area (Å²) in [4.78, 5) is 17.5. The van der Waals surface area contributed by atoms with Gasteiger partial charge in [0, 0.05) is 30.1 Å². The third kappa shape index (κ3) is 2.87. The van der Waals surface area contributed by atoms with E-state index in [1.165, 1.54) is 0 Å². The van der Waals surface area contributed by atoms with Gasteiger partial charge in [0.05, 0.1) is 6.61 Å². The zero-order valence-electron chi connectivity index (χ0n) is 12.4. The van der Waals surface area contributed by atoms with Crippen LogP contribution in [0.4, 0.5) is 0 Å².